The number of amides is 4. The first-order chi connectivity index (χ1) is 16.1. The molecule has 4 amide bonds. The van der Waals surface area contributed by atoms with Crippen LogP contribution >= 0.6 is 0 Å². The molecule has 1 aromatic heterocycles. The van der Waals surface area contributed by atoms with Gasteiger partial charge >= 0.3 is 6.03 Å². The number of rotatable bonds is 6. The van der Waals surface area contributed by atoms with Gasteiger partial charge in [0, 0.05) is 38.8 Å². The lowest BCUT2D eigenvalue weighted by Gasteiger charge is -2.35. The van der Waals surface area contributed by atoms with Crippen LogP contribution in [0.3, 0.4) is 0 Å². The SMILES string of the molecule is O=C(CCC1NC(=O)N(Cc2ccc3c(c2)OCO3)C1=O)N1CCN(c2ccccn2)CC1. The minimum absolute atomic E-state index is 0.00746. The highest BCUT2D eigenvalue weighted by molar-refractivity contribution is 6.04. The second-order valence-electron chi connectivity index (χ2n) is 8.21. The smallest absolute Gasteiger partial charge is 0.325 e. The zero-order chi connectivity index (χ0) is 22.8. The Morgan fingerprint density at radius 3 is 2.67 bits per heavy atom. The van der Waals surface area contributed by atoms with Crippen molar-refractivity contribution in [2.24, 2.45) is 0 Å². The van der Waals surface area contributed by atoms with Crippen LogP contribution in [0.15, 0.2) is 42.6 Å². The number of piperazine rings is 1. The summed E-state index contributed by atoms with van der Waals surface area (Å²) in [5.74, 6) is 1.84. The summed E-state index contributed by atoms with van der Waals surface area (Å²) in [7, 11) is 0. The molecule has 1 aromatic carbocycles. The van der Waals surface area contributed by atoms with E-state index in [-0.39, 0.29) is 38.0 Å². The van der Waals surface area contributed by atoms with Gasteiger partial charge in [-0.25, -0.2) is 9.78 Å². The normalized spacial score (nSPS) is 19.8. The zero-order valence-electron chi connectivity index (χ0n) is 18.1. The molecule has 0 saturated carbocycles. The van der Waals surface area contributed by atoms with Gasteiger partial charge in [-0.05, 0) is 36.2 Å². The van der Waals surface area contributed by atoms with E-state index in [2.05, 4.69) is 15.2 Å². The Bertz CT molecular complexity index is 1050. The van der Waals surface area contributed by atoms with Crippen molar-refractivity contribution in [2.75, 3.05) is 37.9 Å². The predicted octanol–water partition coefficient (Wildman–Crippen LogP) is 1.36. The van der Waals surface area contributed by atoms with E-state index in [9.17, 15) is 14.4 Å². The first-order valence-electron chi connectivity index (χ1n) is 11.0. The van der Waals surface area contributed by atoms with Crippen molar-refractivity contribution in [2.45, 2.75) is 25.4 Å². The fourth-order valence-electron chi connectivity index (χ4n) is 4.30. The van der Waals surface area contributed by atoms with Crippen LogP contribution in [0.4, 0.5) is 10.6 Å². The molecule has 0 spiro atoms. The molecule has 2 saturated heterocycles. The Labute approximate surface area is 191 Å². The van der Waals surface area contributed by atoms with Gasteiger partial charge in [0.15, 0.2) is 11.5 Å². The molecule has 10 nitrogen and oxygen atoms in total. The van der Waals surface area contributed by atoms with Gasteiger partial charge < -0.3 is 24.6 Å². The summed E-state index contributed by atoms with van der Waals surface area (Å²) < 4.78 is 10.6. The van der Waals surface area contributed by atoms with Crippen molar-refractivity contribution in [3.63, 3.8) is 0 Å². The predicted molar refractivity (Wildman–Crippen MR) is 118 cm³/mol. The number of ether oxygens (including phenoxy) is 2. The van der Waals surface area contributed by atoms with Crippen LogP contribution < -0.4 is 19.7 Å². The molecule has 5 rings (SSSR count). The zero-order valence-corrected chi connectivity index (χ0v) is 18.1. The van der Waals surface area contributed by atoms with Gasteiger partial charge in [-0.1, -0.05) is 12.1 Å². The van der Waals surface area contributed by atoms with Gasteiger partial charge in [-0.15, -0.1) is 0 Å². The maximum Gasteiger partial charge on any atom is 0.325 e. The van der Waals surface area contributed by atoms with Gasteiger partial charge in [0.25, 0.3) is 5.91 Å². The molecule has 172 valence electrons. The Kier molecular flexibility index (Phi) is 5.72. The summed E-state index contributed by atoms with van der Waals surface area (Å²) in [6.07, 6.45) is 2.25. The van der Waals surface area contributed by atoms with Crippen molar-refractivity contribution >= 4 is 23.7 Å². The average Bonchev–Trinajstić information content (AvgIpc) is 3.42. The maximum absolute atomic E-state index is 12.8. The second kappa shape index (κ2) is 8.97. The van der Waals surface area contributed by atoms with E-state index in [1.165, 1.54) is 4.90 Å². The lowest BCUT2D eigenvalue weighted by Crippen LogP contribution is -2.49. The Hall–Kier alpha value is -3.82. The highest BCUT2D eigenvalue weighted by atomic mass is 16.7. The molecule has 33 heavy (non-hydrogen) atoms. The number of benzene rings is 1. The summed E-state index contributed by atoms with van der Waals surface area (Å²) in [6.45, 7) is 2.95. The number of carbonyl (C=O) groups is 3. The third-order valence-corrected chi connectivity index (χ3v) is 6.14. The van der Waals surface area contributed by atoms with Crippen LogP contribution in [0.5, 0.6) is 11.5 Å². The molecule has 0 bridgehead atoms. The Morgan fingerprint density at radius 2 is 1.88 bits per heavy atom. The van der Waals surface area contributed by atoms with Crippen molar-refractivity contribution in [1.82, 2.24) is 20.1 Å². The minimum Gasteiger partial charge on any atom is -0.454 e. The summed E-state index contributed by atoms with van der Waals surface area (Å²) in [5.41, 5.74) is 0.769. The Morgan fingerprint density at radius 1 is 1.06 bits per heavy atom. The standard InChI is InChI=1S/C23H25N5O5/c29-21(27-11-9-26(10-12-27)20-3-1-2-8-24-20)7-5-17-22(30)28(23(31)25-17)14-16-4-6-18-19(13-16)33-15-32-18/h1-4,6,8,13,17H,5,7,9-12,14-15H2,(H,25,31). The van der Waals surface area contributed by atoms with E-state index in [1.807, 2.05) is 23.1 Å². The highest BCUT2D eigenvalue weighted by Crippen LogP contribution is 2.33. The first kappa shape index (κ1) is 21.0. The molecule has 4 heterocycles. The maximum atomic E-state index is 12.8. The number of anilines is 1. The highest BCUT2D eigenvalue weighted by Gasteiger charge is 2.38. The van der Waals surface area contributed by atoms with Crippen molar-refractivity contribution in [1.29, 1.82) is 0 Å². The molecule has 1 unspecified atom stereocenters. The minimum atomic E-state index is -0.690. The van der Waals surface area contributed by atoms with Crippen LogP contribution in [-0.4, -0.2) is 71.6 Å². The van der Waals surface area contributed by atoms with Crippen molar-refractivity contribution in [3.8, 4) is 11.5 Å². The summed E-state index contributed by atoms with van der Waals surface area (Å²) >= 11 is 0. The number of nitrogens with one attached hydrogen (secondary N) is 1. The quantitative estimate of drug-likeness (QED) is 0.662. The average molecular weight is 451 g/mol. The van der Waals surface area contributed by atoms with Crippen LogP contribution in [0.2, 0.25) is 0 Å². The molecule has 3 aliphatic rings. The number of pyridine rings is 1. The lowest BCUT2D eigenvalue weighted by molar-refractivity contribution is -0.132. The first-order valence-corrected chi connectivity index (χ1v) is 11.0. The monoisotopic (exact) mass is 451 g/mol. The van der Waals surface area contributed by atoms with Crippen LogP contribution in [-0.2, 0) is 16.1 Å². The number of fused-ring (bicyclic) bond motifs is 1. The van der Waals surface area contributed by atoms with E-state index < -0.39 is 12.1 Å². The van der Waals surface area contributed by atoms with Crippen LogP contribution in [0.25, 0.3) is 0 Å². The van der Waals surface area contributed by atoms with E-state index in [1.54, 1.807) is 24.4 Å². The number of imide groups is 1. The summed E-state index contributed by atoms with van der Waals surface area (Å²) in [4.78, 5) is 47.4. The van der Waals surface area contributed by atoms with Gasteiger partial charge in [-0.2, -0.15) is 0 Å². The topological polar surface area (TPSA) is 104 Å². The summed E-state index contributed by atoms with van der Waals surface area (Å²) in [5, 5.41) is 2.71. The molecule has 1 N–H and O–H groups in total. The molecular formula is C23H25N5O5. The van der Waals surface area contributed by atoms with Gasteiger partial charge in [0.1, 0.15) is 11.9 Å². The van der Waals surface area contributed by atoms with E-state index in [0.717, 1.165) is 11.4 Å². The molecular weight excluding hydrogens is 426 g/mol. The number of carbonyl (C=O) groups excluding carboxylic acids is 3. The van der Waals surface area contributed by atoms with Crippen molar-refractivity contribution in [3.05, 3.63) is 48.2 Å². The molecule has 1 atom stereocenters. The Balaban J connectivity index is 1.11. The van der Waals surface area contributed by atoms with Crippen LogP contribution in [0.1, 0.15) is 18.4 Å². The summed E-state index contributed by atoms with van der Waals surface area (Å²) in [6, 6.07) is 9.98. The number of aromatic nitrogens is 1. The van der Waals surface area contributed by atoms with Crippen molar-refractivity contribution < 1.29 is 23.9 Å². The molecule has 3 aliphatic heterocycles. The number of hydrogen-bond acceptors (Lipinski definition) is 7. The molecule has 2 aromatic rings. The van der Waals surface area contributed by atoms with E-state index >= 15 is 0 Å². The molecule has 0 radical (unpaired) electrons. The van der Waals surface area contributed by atoms with E-state index in [0.29, 0.717) is 37.7 Å². The third kappa shape index (κ3) is 4.41. The largest absolute Gasteiger partial charge is 0.454 e. The fraction of sp³-hybridized carbons (Fsp3) is 0.391. The lowest BCUT2D eigenvalue weighted by atomic mass is 10.1. The van der Waals surface area contributed by atoms with Gasteiger partial charge in [0.2, 0.25) is 12.7 Å². The van der Waals surface area contributed by atoms with Gasteiger partial charge in [-0.3, -0.25) is 14.5 Å². The molecule has 2 fully saturated rings. The van der Waals surface area contributed by atoms with E-state index in [4.69, 9.17) is 9.47 Å². The fourth-order valence-corrected chi connectivity index (χ4v) is 4.30. The van der Waals surface area contributed by atoms with Gasteiger partial charge in [0.05, 0.1) is 6.54 Å². The number of nitrogens with zero attached hydrogens (tertiary/aromatic N) is 4. The third-order valence-electron chi connectivity index (χ3n) is 6.14. The molecule has 0 aliphatic carbocycles. The number of urea groups is 1. The second-order valence-corrected chi connectivity index (χ2v) is 8.21. The van der Waals surface area contributed by atoms with Crippen LogP contribution in [0, 0.1) is 0 Å². The molecule has 10 heteroatoms. The number of hydrogen-bond donors (Lipinski definition) is 1.